The van der Waals surface area contributed by atoms with Gasteiger partial charge in [-0.3, -0.25) is 0 Å². The highest BCUT2D eigenvalue weighted by atomic mass is 32.1. The average molecular weight is 238 g/mol. The molecule has 0 saturated heterocycles. The molecule has 88 valence electrons. The summed E-state index contributed by atoms with van der Waals surface area (Å²) >= 11 is 1.35. The first-order chi connectivity index (χ1) is 7.49. The van der Waals surface area contributed by atoms with Gasteiger partial charge in [-0.25, -0.2) is 4.79 Å². The van der Waals surface area contributed by atoms with Gasteiger partial charge in [0, 0.05) is 0 Å². The molecule has 2 nitrogen and oxygen atoms in total. The largest absolute Gasteiger partial charge is 0.477 e. The number of hydrogen-bond donors (Lipinski definition) is 1. The van der Waals surface area contributed by atoms with Crippen LogP contribution >= 0.6 is 11.3 Å². The fraction of sp³-hybridized carbons (Fsp3) is 0.615. The molecule has 0 spiro atoms. The Kier molecular flexibility index (Phi) is 3.06. The van der Waals surface area contributed by atoms with Gasteiger partial charge < -0.3 is 5.11 Å². The maximum absolute atomic E-state index is 11.1. The summed E-state index contributed by atoms with van der Waals surface area (Å²) in [5.74, 6) is -0.305. The number of carbonyl (C=O) groups is 1. The highest BCUT2D eigenvalue weighted by Crippen LogP contribution is 2.43. The minimum absolute atomic E-state index is 0.440. The summed E-state index contributed by atoms with van der Waals surface area (Å²) in [6.45, 7) is 4.60. The van der Waals surface area contributed by atoms with Crippen LogP contribution in [0.25, 0.3) is 0 Å². The van der Waals surface area contributed by atoms with E-state index < -0.39 is 5.97 Å². The number of rotatable bonds is 2. The molecular formula is C13H18O2S. The van der Waals surface area contributed by atoms with Crippen molar-refractivity contribution in [2.75, 3.05) is 0 Å². The van der Waals surface area contributed by atoms with E-state index in [0.29, 0.717) is 16.2 Å². The molecule has 0 atom stereocenters. The Morgan fingerprint density at radius 2 is 2.06 bits per heavy atom. The predicted molar refractivity (Wildman–Crippen MR) is 66.3 cm³/mol. The molecule has 16 heavy (non-hydrogen) atoms. The van der Waals surface area contributed by atoms with E-state index in [4.69, 9.17) is 5.11 Å². The summed E-state index contributed by atoms with van der Waals surface area (Å²) < 4.78 is 0. The molecule has 1 aromatic rings. The number of thiophene rings is 1. The SMILES string of the molecule is CC1(C)CCC(c2ccsc2C(=O)O)CC1. The molecule has 0 unspecified atom stereocenters. The second-order valence-electron chi connectivity index (χ2n) is 5.45. The zero-order valence-electron chi connectivity index (χ0n) is 9.82. The summed E-state index contributed by atoms with van der Waals surface area (Å²) in [4.78, 5) is 11.6. The number of carboxylic acid groups (broad SMARTS) is 1. The Morgan fingerprint density at radius 1 is 1.44 bits per heavy atom. The Hall–Kier alpha value is -0.830. The van der Waals surface area contributed by atoms with Gasteiger partial charge >= 0.3 is 5.97 Å². The van der Waals surface area contributed by atoms with Crippen LogP contribution in [0.5, 0.6) is 0 Å². The Balaban J connectivity index is 2.14. The van der Waals surface area contributed by atoms with E-state index in [1.807, 2.05) is 11.4 Å². The van der Waals surface area contributed by atoms with E-state index in [2.05, 4.69) is 13.8 Å². The van der Waals surface area contributed by atoms with E-state index in [9.17, 15) is 4.79 Å². The molecule has 0 aliphatic heterocycles. The van der Waals surface area contributed by atoms with Gasteiger partial charge in [0.05, 0.1) is 0 Å². The molecule has 0 aromatic carbocycles. The van der Waals surface area contributed by atoms with Crippen LogP contribution in [0.2, 0.25) is 0 Å². The minimum atomic E-state index is -0.769. The number of aromatic carboxylic acids is 1. The van der Waals surface area contributed by atoms with Gasteiger partial charge in [-0.05, 0) is 54.0 Å². The standard InChI is InChI=1S/C13H18O2S/c1-13(2)6-3-9(4-7-13)10-5-8-16-11(10)12(14)15/h5,8-9H,3-4,6-7H2,1-2H3,(H,14,15). The molecule has 2 rings (SSSR count). The Labute approximate surface area is 100 Å². The summed E-state index contributed by atoms with van der Waals surface area (Å²) in [7, 11) is 0. The predicted octanol–water partition coefficient (Wildman–Crippen LogP) is 4.13. The van der Waals surface area contributed by atoms with Crippen LogP contribution < -0.4 is 0 Å². The summed E-state index contributed by atoms with van der Waals surface area (Å²) in [6, 6.07) is 2.00. The second kappa shape index (κ2) is 4.21. The molecule has 3 heteroatoms. The van der Waals surface area contributed by atoms with E-state index in [-0.39, 0.29) is 0 Å². The first kappa shape index (κ1) is 11.6. The van der Waals surface area contributed by atoms with E-state index in [0.717, 1.165) is 18.4 Å². The molecule has 1 aliphatic rings. The highest BCUT2D eigenvalue weighted by molar-refractivity contribution is 7.12. The third kappa shape index (κ3) is 2.29. The van der Waals surface area contributed by atoms with Gasteiger partial charge in [-0.1, -0.05) is 13.8 Å². The van der Waals surface area contributed by atoms with Crippen molar-refractivity contribution in [3.63, 3.8) is 0 Å². The van der Waals surface area contributed by atoms with E-state index in [1.165, 1.54) is 24.2 Å². The molecule has 1 saturated carbocycles. The monoisotopic (exact) mass is 238 g/mol. The van der Waals surface area contributed by atoms with Crippen LogP contribution in [0.1, 0.15) is 60.7 Å². The van der Waals surface area contributed by atoms with Crippen LogP contribution in [0.3, 0.4) is 0 Å². The third-order valence-electron chi connectivity index (χ3n) is 3.67. The number of carboxylic acids is 1. The van der Waals surface area contributed by atoms with Crippen LogP contribution in [0.15, 0.2) is 11.4 Å². The summed E-state index contributed by atoms with van der Waals surface area (Å²) in [6.07, 6.45) is 4.66. The van der Waals surface area contributed by atoms with Gasteiger partial charge in [0.1, 0.15) is 4.88 Å². The van der Waals surface area contributed by atoms with Crippen LogP contribution in [0.4, 0.5) is 0 Å². The van der Waals surface area contributed by atoms with Crippen molar-refractivity contribution in [2.45, 2.75) is 45.4 Å². The molecule has 1 fully saturated rings. The molecule has 1 N–H and O–H groups in total. The van der Waals surface area contributed by atoms with Crippen molar-refractivity contribution < 1.29 is 9.90 Å². The molecule has 1 heterocycles. The first-order valence-corrected chi connectivity index (χ1v) is 6.68. The molecule has 0 bridgehead atoms. The zero-order chi connectivity index (χ0) is 11.8. The van der Waals surface area contributed by atoms with Gasteiger partial charge in [0.15, 0.2) is 0 Å². The zero-order valence-corrected chi connectivity index (χ0v) is 10.6. The second-order valence-corrected chi connectivity index (χ2v) is 6.36. The van der Waals surface area contributed by atoms with E-state index >= 15 is 0 Å². The van der Waals surface area contributed by atoms with Gasteiger partial charge in [-0.15, -0.1) is 11.3 Å². The topological polar surface area (TPSA) is 37.3 Å². The lowest BCUT2D eigenvalue weighted by Crippen LogP contribution is -2.20. The Morgan fingerprint density at radius 3 is 2.62 bits per heavy atom. The lowest BCUT2D eigenvalue weighted by molar-refractivity contribution is 0.0700. The minimum Gasteiger partial charge on any atom is -0.477 e. The quantitative estimate of drug-likeness (QED) is 0.841. The molecule has 0 radical (unpaired) electrons. The normalized spacial score (nSPS) is 20.9. The summed E-state index contributed by atoms with van der Waals surface area (Å²) in [5.41, 5.74) is 1.50. The van der Waals surface area contributed by atoms with Gasteiger partial charge in [0.2, 0.25) is 0 Å². The van der Waals surface area contributed by atoms with Crippen molar-refractivity contribution >= 4 is 17.3 Å². The van der Waals surface area contributed by atoms with Crippen LogP contribution in [0, 0.1) is 5.41 Å². The average Bonchev–Trinajstić information content (AvgIpc) is 2.66. The van der Waals surface area contributed by atoms with Crippen molar-refractivity contribution in [1.29, 1.82) is 0 Å². The maximum Gasteiger partial charge on any atom is 0.346 e. The Bertz CT molecular complexity index is 382. The van der Waals surface area contributed by atoms with Crippen LogP contribution in [-0.4, -0.2) is 11.1 Å². The first-order valence-electron chi connectivity index (χ1n) is 5.80. The van der Waals surface area contributed by atoms with Gasteiger partial charge in [-0.2, -0.15) is 0 Å². The van der Waals surface area contributed by atoms with Crippen molar-refractivity contribution in [3.05, 3.63) is 21.9 Å². The fourth-order valence-electron chi connectivity index (χ4n) is 2.52. The lowest BCUT2D eigenvalue weighted by Gasteiger charge is -2.34. The fourth-order valence-corrected chi connectivity index (χ4v) is 3.35. The highest BCUT2D eigenvalue weighted by Gasteiger charge is 2.29. The van der Waals surface area contributed by atoms with Crippen molar-refractivity contribution in [3.8, 4) is 0 Å². The smallest absolute Gasteiger partial charge is 0.346 e. The van der Waals surface area contributed by atoms with E-state index in [1.54, 1.807) is 0 Å². The maximum atomic E-state index is 11.1. The molecule has 1 aromatic heterocycles. The van der Waals surface area contributed by atoms with Gasteiger partial charge in [0.25, 0.3) is 0 Å². The number of hydrogen-bond acceptors (Lipinski definition) is 2. The molecular weight excluding hydrogens is 220 g/mol. The molecule has 0 amide bonds. The van der Waals surface area contributed by atoms with Crippen molar-refractivity contribution in [1.82, 2.24) is 0 Å². The molecule has 1 aliphatic carbocycles. The van der Waals surface area contributed by atoms with Crippen LogP contribution in [-0.2, 0) is 0 Å². The summed E-state index contributed by atoms with van der Waals surface area (Å²) in [5, 5.41) is 11.0. The third-order valence-corrected chi connectivity index (χ3v) is 4.59. The lowest BCUT2D eigenvalue weighted by atomic mass is 9.71. The van der Waals surface area contributed by atoms with Crippen molar-refractivity contribution in [2.24, 2.45) is 5.41 Å².